The number of hydrogen-bond acceptors (Lipinski definition) is 5. The van der Waals surface area contributed by atoms with Gasteiger partial charge in [-0.05, 0) is 50.3 Å². The monoisotopic (exact) mass is 649 g/mol. The zero-order valence-corrected chi connectivity index (χ0v) is 21.2. The second kappa shape index (κ2) is 8.84. The summed E-state index contributed by atoms with van der Waals surface area (Å²) in [6.45, 7) is 6.53. The van der Waals surface area contributed by atoms with E-state index in [1.165, 1.54) is 24.5 Å². The summed E-state index contributed by atoms with van der Waals surface area (Å²) in [6.07, 6.45) is 3.40. The van der Waals surface area contributed by atoms with Crippen molar-refractivity contribution in [3.05, 3.63) is 60.4 Å². The molecule has 1 aliphatic carbocycles. The first kappa shape index (κ1) is 23.6. The number of likely N-dealkylation sites (tertiary alicyclic amines) is 1. The second-order valence-corrected chi connectivity index (χ2v) is 8.40. The van der Waals surface area contributed by atoms with Crippen LogP contribution in [0.5, 0.6) is 5.88 Å². The number of nitriles is 1. The first-order valence-electron chi connectivity index (χ1n) is 9.75. The Hall–Kier alpha value is -2.03. The van der Waals surface area contributed by atoms with E-state index in [2.05, 4.69) is 16.9 Å². The fourth-order valence-electron chi connectivity index (χ4n) is 4.74. The summed E-state index contributed by atoms with van der Waals surface area (Å²) in [6, 6.07) is 6.41. The minimum atomic E-state index is -0.881. The molecule has 1 amide bonds. The average Bonchev–Trinajstić information content (AvgIpc) is 3.15. The summed E-state index contributed by atoms with van der Waals surface area (Å²) in [5, 5.41) is 8.96. The minimum absolute atomic E-state index is 0. The molecular formula is C22H21F2N4O2U-. The van der Waals surface area contributed by atoms with E-state index in [1.54, 1.807) is 4.90 Å². The van der Waals surface area contributed by atoms with Gasteiger partial charge in [-0.3, -0.25) is 4.79 Å². The van der Waals surface area contributed by atoms with Crippen molar-refractivity contribution in [1.82, 2.24) is 14.9 Å². The fourth-order valence-corrected chi connectivity index (χ4v) is 4.74. The molecule has 2 aromatic rings. The number of amides is 1. The molecule has 9 heteroatoms. The molecule has 31 heavy (non-hydrogen) atoms. The van der Waals surface area contributed by atoms with Crippen LogP contribution in [0, 0.1) is 66.4 Å². The van der Waals surface area contributed by atoms with E-state index in [9.17, 15) is 13.6 Å². The number of rotatable bonds is 4. The molecule has 1 saturated carbocycles. The topological polar surface area (TPSA) is 79.1 Å². The van der Waals surface area contributed by atoms with Crippen molar-refractivity contribution in [2.75, 3.05) is 6.54 Å². The van der Waals surface area contributed by atoms with Gasteiger partial charge in [0.25, 0.3) is 0 Å². The summed E-state index contributed by atoms with van der Waals surface area (Å²) in [4.78, 5) is 22.8. The third-order valence-corrected chi connectivity index (χ3v) is 5.77. The van der Waals surface area contributed by atoms with Crippen molar-refractivity contribution in [3.63, 3.8) is 0 Å². The maximum absolute atomic E-state index is 13.7. The Balaban J connectivity index is 0.00000272. The van der Waals surface area contributed by atoms with Crippen LogP contribution < -0.4 is 4.74 Å². The number of benzene rings is 1. The Morgan fingerprint density at radius 3 is 2.58 bits per heavy atom. The van der Waals surface area contributed by atoms with Crippen molar-refractivity contribution in [2.24, 2.45) is 5.41 Å². The molecule has 1 aliphatic heterocycles. The molecular weight excluding hydrogens is 628 g/mol. The molecule has 6 nitrogen and oxygen atoms in total. The number of carbonyl (C=O) groups excluding carboxylic acids is 1. The van der Waals surface area contributed by atoms with Crippen LogP contribution in [0.15, 0.2) is 30.6 Å². The molecule has 1 aromatic carbocycles. The van der Waals surface area contributed by atoms with Gasteiger partial charge in [0.05, 0.1) is 6.04 Å². The molecule has 1 aromatic heterocycles. The van der Waals surface area contributed by atoms with E-state index >= 15 is 0 Å². The van der Waals surface area contributed by atoms with Gasteiger partial charge in [-0.15, -0.1) is 0 Å². The zero-order chi connectivity index (χ0) is 21.5. The summed E-state index contributed by atoms with van der Waals surface area (Å²) in [7, 11) is 0. The van der Waals surface area contributed by atoms with Crippen LogP contribution in [-0.2, 0) is 4.79 Å². The van der Waals surface area contributed by atoms with Crippen LogP contribution in [-0.4, -0.2) is 32.9 Å². The summed E-state index contributed by atoms with van der Waals surface area (Å²) in [5.74, 6) is -1.18. The van der Waals surface area contributed by atoms with E-state index in [0.717, 1.165) is 12.5 Å². The van der Waals surface area contributed by atoms with Gasteiger partial charge < -0.3 is 16.6 Å². The fraction of sp³-hybridized carbons (Fsp3) is 0.409. The van der Waals surface area contributed by atoms with Crippen molar-refractivity contribution in [2.45, 2.75) is 44.2 Å². The predicted molar refractivity (Wildman–Crippen MR) is 103 cm³/mol. The van der Waals surface area contributed by atoms with Gasteiger partial charge in [0.2, 0.25) is 5.88 Å². The molecule has 2 heterocycles. The Morgan fingerprint density at radius 2 is 1.94 bits per heavy atom. The Kier molecular flexibility index (Phi) is 6.74. The molecule has 2 aliphatic rings. The van der Waals surface area contributed by atoms with Gasteiger partial charge >= 0.3 is 0 Å². The van der Waals surface area contributed by atoms with E-state index < -0.39 is 22.7 Å². The van der Waals surface area contributed by atoms with Crippen LogP contribution in [0.25, 0.3) is 0 Å². The molecule has 1 atom stereocenters. The van der Waals surface area contributed by atoms with Gasteiger partial charge in [0.15, 0.2) is 5.91 Å². The van der Waals surface area contributed by atoms with E-state index in [1.807, 2.05) is 13.0 Å². The van der Waals surface area contributed by atoms with Gasteiger partial charge in [0, 0.05) is 49.8 Å². The first-order chi connectivity index (χ1) is 14.2. The molecule has 2 fully saturated rings. The largest absolute Gasteiger partial charge is 0.471 e. The minimum Gasteiger partial charge on any atom is -0.471 e. The normalized spacial score (nSPS) is 27.1. The SMILES string of the molecule is [CH2-]C1(C(=O)N2CCCC2c2cc(F)cc(F)c2)CC(C)(Oc2cc(C#N)ncn2)C1.[U]. The van der Waals surface area contributed by atoms with Crippen LogP contribution in [0.2, 0.25) is 0 Å². The summed E-state index contributed by atoms with van der Waals surface area (Å²) >= 11 is 0. The van der Waals surface area contributed by atoms with Gasteiger partial charge in [0.1, 0.15) is 35.3 Å². The van der Waals surface area contributed by atoms with Crippen molar-refractivity contribution in [3.8, 4) is 11.9 Å². The van der Waals surface area contributed by atoms with Crippen molar-refractivity contribution in [1.29, 1.82) is 5.26 Å². The molecule has 0 spiro atoms. The van der Waals surface area contributed by atoms with Gasteiger partial charge in [-0.25, -0.2) is 18.7 Å². The van der Waals surface area contributed by atoms with Crippen LogP contribution in [0.1, 0.15) is 49.9 Å². The molecule has 0 bridgehead atoms. The van der Waals surface area contributed by atoms with Crippen LogP contribution in [0.4, 0.5) is 8.78 Å². The molecule has 160 valence electrons. The third kappa shape index (κ3) is 4.76. The number of nitrogens with zero attached hydrogens (tertiary/aromatic N) is 4. The molecule has 1 saturated heterocycles. The summed E-state index contributed by atoms with van der Waals surface area (Å²) < 4.78 is 33.3. The van der Waals surface area contributed by atoms with Crippen LogP contribution >= 0.6 is 0 Å². The number of aromatic nitrogens is 2. The number of ether oxygens (including phenoxy) is 1. The van der Waals surface area contributed by atoms with Crippen molar-refractivity contribution < 1.29 is 49.4 Å². The smallest absolute Gasteiger partial charge is 0.218 e. The Labute approximate surface area is 203 Å². The molecule has 0 radical (unpaired) electrons. The van der Waals surface area contributed by atoms with Gasteiger partial charge in [-0.1, -0.05) is 5.41 Å². The molecule has 1 unspecified atom stereocenters. The predicted octanol–water partition coefficient (Wildman–Crippen LogP) is 3.74. The van der Waals surface area contributed by atoms with E-state index in [0.29, 0.717) is 31.4 Å². The maximum atomic E-state index is 13.7. The zero-order valence-electron chi connectivity index (χ0n) is 17.1. The Morgan fingerprint density at radius 1 is 1.26 bits per heavy atom. The van der Waals surface area contributed by atoms with Crippen LogP contribution in [0.3, 0.4) is 0 Å². The standard InChI is InChI=1S/C22H21F2N4O2.U/c1-21(11-22(2,12-21)30-19-9-17(10-25)26-13-27-19)20(29)28-5-3-4-18(28)14-6-15(23)8-16(24)7-14;/h6-9,13,18H,1,3-5,11-12H2,2H3;/q-1;. The second-order valence-electron chi connectivity index (χ2n) is 8.40. The quantitative estimate of drug-likeness (QED) is 0.472. The number of carbonyl (C=O) groups is 1. The Bertz CT molecular complexity index is 1020. The number of hydrogen-bond donors (Lipinski definition) is 0. The van der Waals surface area contributed by atoms with Crippen molar-refractivity contribution >= 4 is 5.91 Å². The number of halogens is 2. The average molecular weight is 649 g/mol. The molecule has 4 rings (SSSR count). The van der Waals surface area contributed by atoms with E-state index in [4.69, 9.17) is 10.00 Å². The first-order valence-corrected chi connectivity index (χ1v) is 9.75. The van der Waals surface area contributed by atoms with Gasteiger partial charge in [-0.2, -0.15) is 5.26 Å². The maximum Gasteiger partial charge on any atom is 0.218 e. The summed E-state index contributed by atoms with van der Waals surface area (Å²) in [5.41, 5.74) is -0.875. The van der Waals surface area contributed by atoms with E-state index in [-0.39, 0.29) is 54.6 Å². The molecule has 0 N–H and O–H groups in total. The third-order valence-electron chi connectivity index (χ3n) is 5.77.